The molecule has 0 atom stereocenters. The molecule has 2 fully saturated rings. The molecule has 36 heavy (non-hydrogen) atoms. The molecule has 1 aliphatic heterocycles. The predicted octanol–water partition coefficient (Wildman–Crippen LogP) is 5.76. The number of carbonyl (C=O) groups is 1. The summed E-state index contributed by atoms with van der Waals surface area (Å²) in [6.07, 6.45) is -2.61. The van der Waals surface area contributed by atoms with Gasteiger partial charge in [-0.15, -0.1) is 0 Å². The van der Waals surface area contributed by atoms with Crippen molar-refractivity contribution in [3.05, 3.63) is 63.7 Å². The number of nitrogens with zero attached hydrogens (tertiary/aromatic N) is 2. The Bertz CT molecular complexity index is 1090. The third kappa shape index (κ3) is 6.21. The van der Waals surface area contributed by atoms with Crippen molar-refractivity contribution in [3.8, 4) is 5.75 Å². The Morgan fingerprint density at radius 1 is 0.944 bits per heavy atom. The van der Waals surface area contributed by atoms with Crippen LogP contribution in [0.15, 0.2) is 30.3 Å². The highest BCUT2D eigenvalue weighted by molar-refractivity contribution is 5.77. The van der Waals surface area contributed by atoms with E-state index in [4.69, 9.17) is 4.74 Å². The van der Waals surface area contributed by atoms with Gasteiger partial charge >= 0.3 is 12.1 Å². The van der Waals surface area contributed by atoms with Crippen molar-refractivity contribution >= 4 is 5.97 Å². The Morgan fingerprint density at radius 3 is 1.94 bits per heavy atom. The monoisotopic (exact) mass is 504 g/mol. The molecule has 196 valence electrons. The van der Waals surface area contributed by atoms with Gasteiger partial charge in [-0.25, -0.2) is 4.79 Å². The minimum atomic E-state index is -4.30. The molecule has 1 saturated carbocycles. The number of hydrogen-bond donors (Lipinski definition) is 1. The van der Waals surface area contributed by atoms with E-state index in [9.17, 15) is 23.1 Å². The zero-order valence-corrected chi connectivity index (χ0v) is 21.4. The lowest BCUT2D eigenvalue weighted by Crippen LogP contribution is -2.45. The fourth-order valence-corrected chi connectivity index (χ4v) is 4.91. The van der Waals surface area contributed by atoms with Crippen LogP contribution in [-0.4, -0.2) is 52.7 Å². The normalized spacial score (nSPS) is 17.9. The van der Waals surface area contributed by atoms with E-state index < -0.39 is 23.3 Å². The fourth-order valence-electron chi connectivity index (χ4n) is 4.91. The molecule has 2 aliphatic rings. The van der Waals surface area contributed by atoms with Crippen molar-refractivity contribution in [2.24, 2.45) is 0 Å². The number of benzene rings is 2. The van der Waals surface area contributed by atoms with Crippen molar-refractivity contribution in [2.75, 3.05) is 26.2 Å². The maximum Gasteiger partial charge on any atom is 0.416 e. The summed E-state index contributed by atoms with van der Waals surface area (Å²) in [5.41, 5.74) is 2.59. The standard InChI is InChI=1S/C28H35F3N2O3/c1-18-13-21(14-19(2)25(18)36-27(3,4)26(34)35)17-33-11-9-32(10-12-33)16-20-5-8-24(28(29,30)31)23(15-20)22-6-7-22/h5,8,13-15,22H,6-7,9-12,16-17H2,1-4H3,(H,34,35). The number of piperazine rings is 1. The summed E-state index contributed by atoms with van der Waals surface area (Å²) in [6, 6.07) is 8.76. The lowest BCUT2D eigenvalue weighted by atomic mass is 9.99. The molecule has 0 unspecified atom stereocenters. The van der Waals surface area contributed by atoms with Gasteiger partial charge in [0.05, 0.1) is 5.56 Å². The van der Waals surface area contributed by atoms with Crippen LogP contribution in [0, 0.1) is 13.8 Å². The molecule has 1 saturated heterocycles. The summed E-state index contributed by atoms with van der Waals surface area (Å²) in [6.45, 7) is 11.8. The molecule has 8 heteroatoms. The van der Waals surface area contributed by atoms with Crippen LogP contribution in [0.5, 0.6) is 5.75 Å². The van der Waals surface area contributed by atoms with Gasteiger partial charge in [-0.3, -0.25) is 9.80 Å². The second-order valence-electron chi connectivity index (χ2n) is 10.7. The van der Waals surface area contributed by atoms with Gasteiger partial charge in [-0.05, 0) is 80.3 Å². The van der Waals surface area contributed by atoms with Crippen LogP contribution in [0.25, 0.3) is 0 Å². The van der Waals surface area contributed by atoms with Gasteiger partial charge in [0.15, 0.2) is 5.60 Å². The maximum absolute atomic E-state index is 13.4. The van der Waals surface area contributed by atoms with E-state index in [1.807, 2.05) is 26.0 Å². The van der Waals surface area contributed by atoms with Gasteiger partial charge in [0.2, 0.25) is 0 Å². The second-order valence-corrected chi connectivity index (χ2v) is 10.7. The smallest absolute Gasteiger partial charge is 0.416 e. The van der Waals surface area contributed by atoms with E-state index in [2.05, 4.69) is 9.80 Å². The van der Waals surface area contributed by atoms with E-state index in [1.54, 1.807) is 26.0 Å². The molecule has 0 amide bonds. The van der Waals surface area contributed by atoms with Crippen molar-refractivity contribution in [1.82, 2.24) is 9.80 Å². The van der Waals surface area contributed by atoms with Gasteiger partial charge in [-0.2, -0.15) is 13.2 Å². The van der Waals surface area contributed by atoms with Crippen LogP contribution < -0.4 is 4.74 Å². The number of aliphatic carboxylic acids is 1. The first-order valence-corrected chi connectivity index (χ1v) is 12.5. The first-order valence-electron chi connectivity index (χ1n) is 12.5. The first kappa shape index (κ1) is 26.5. The Morgan fingerprint density at radius 2 is 1.47 bits per heavy atom. The number of alkyl halides is 3. The van der Waals surface area contributed by atoms with E-state index in [0.717, 1.165) is 67.8 Å². The van der Waals surface area contributed by atoms with E-state index in [0.29, 0.717) is 17.9 Å². The quantitative estimate of drug-likeness (QED) is 0.496. The Labute approximate surface area is 210 Å². The Balaban J connectivity index is 1.34. The fraction of sp³-hybridized carbons (Fsp3) is 0.536. The zero-order valence-electron chi connectivity index (χ0n) is 21.4. The summed E-state index contributed by atoms with van der Waals surface area (Å²) in [7, 11) is 0. The van der Waals surface area contributed by atoms with Crippen LogP contribution >= 0.6 is 0 Å². The number of ether oxygens (including phenoxy) is 1. The molecule has 1 N–H and O–H groups in total. The van der Waals surface area contributed by atoms with E-state index in [1.165, 1.54) is 6.07 Å². The Kier molecular flexibility index (Phi) is 7.40. The molecular weight excluding hydrogens is 469 g/mol. The van der Waals surface area contributed by atoms with E-state index in [-0.39, 0.29) is 5.92 Å². The minimum absolute atomic E-state index is 0.0531. The molecular formula is C28H35F3N2O3. The molecule has 2 aromatic carbocycles. The summed E-state index contributed by atoms with van der Waals surface area (Å²) in [5.74, 6) is -0.348. The van der Waals surface area contributed by atoms with Crippen molar-refractivity contribution in [3.63, 3.8) is 0 Å². The zero-order chi connectivity index (χ0) is 26.3. The van der Waals surface area contributed by atoms with Crippen molar-refractivity contribution < 1.29 is 27.8 Å². The molecule has 0 aromatic heterocycles. The van der Waals surface area contributed by atoms with Gasteiger partial charge in [0, 0.05) is 39.3 Å². The van der Waals surface area contributed by atoms with Crippen LogP contribution in [0.3, 0.4) is 0 Å². The molecule has 0 spiro atoms. The first-order chi connectivity index (χ1) is 16.8. The lowest BCUT2D eigenvalue weighted by Gasteiger charge is -2.35. The van der Waals surface area contributed by atoms with Gasteiger partial charge < -0.3 is 9.84 Å². The number of rotatable bonds is 8. The molecule has 2 aromatic rings. The lowest BCUT2D eigenvalue weighted by molar-refractivity contribution is -0.152. The van der Waals surface area contributed by atoms with Crippen LogP contribution in [0.4, 0.5) is 13.2 Å². The topological polar surface area (TPSA) is 53.0 Å². The maximum atomic E-state index is 13.4. The third-order valence-corrected chi connectivity index (χ3v) is 7.11. The van der Waals surface area contributed by atoms with Crippen molar-refractivity contribution in [1.29, 1.82) is 0 Å². The third-order valence-electron chi connectivity index (χ3n) is 7.11. The summed E-state index contributed by atoms with van der Waals surface area (Å²) >= 11 is 0. The summed E-state index contributed by atoms with van der Waals surface area (Å²) in [5, 5.41) is 9.37. The molecule has 1 heterocycles. The molecule has 0 radical (unpaired) electrons. The highest BCUT2D eigenvalue weighted by Gasteiger charge is 2.38. The van der Waals surface area contributed by atoms with Gasteiger partial charge in [0.25, 0.3) is 0 Å². The minimum Gasteiger partial charge on any atom is -0.478 e. The molecule has 1 aliphatic carbocycles. The van der Waals surface area contributed by atoms with Gasteiger partial charge in [0.1, 0.15) is 5.75 Å². The number of hydrogen-bond acceptors (Lipinski definition) is 4. The largest absolute Gasteiger partial charge is 0.478 e. The second kappa shape index (κ2) is 10.1. The highest BCUT2D eigenvalue weighted by Crippen LogP contribution is 2.46. The van der Waals surface area contributed by atoms with Crippen molar-refractivity contribution in [2.45, 2.75) is 71.3 Å². The number of carboxylic acids is 1. The molecule has 5 nitrogen and oxygen atoms in total. The number of carboxylic acid groups (broad SMARTS) is 1. The van der Waals surface area contributed by atoms with Crippen LogP contribution in [-0.2, 0) is 24.1 Å². The average molecular weight is 505 g/mol. The van der Waals surface area contributed by atoms with Crippen LogP contribution in [0.2, 0.25) is 0 Å². The summed E-state index contributed by atoms with van der Waals surface area (Å²) in [4.78, 5) is 16.1. The average Bonchev–Trinajstić information content (AvgIpc) is 3.62. The summed E-state index contributed by atoms with van der Waals surface area (Å²) < 4.78 is 45.9. The SMILES string of the molecule is Cc1cc(CN2CCN(Cc3ccc(C(F)(F)F)c(C4CC4)c3)CC2)cc(C)c1OC(C)(C)C(=O)O. The van der Waals surface area contributed by atoms with Crippen LogP contribution in [0.1, 0.15) is 66.0 Å². The predicted molar refractivity (Wildman–Crippen MR) is 132 cm³/mol. The molecule has 4 rings (SSSR count). The number of halogens is 3. The highest BCUT2D eigenvalue weighted by atomic mass is 19.4. The Hall–Kier alpha value is -2.58. The number of aryl methyl sites for hydroxylation is 2. The van der Waals surface area contributed by atoms with E-state index >= 15 is 0 Å². The molecule has 0 bridgehead atoms. The van der Waals surface area contributed by atoms with Gasteiger partial charge in [-0.1, -0.05) is 24.3 Å².